The van der Waals surface area contributed by atoms with E-state index in [1.54, 1.807) is 24.3 Å². The molecule has 1 aliphatic heterocycles. The van der Waals surface area contributed by atoms with Crippen LogP contribution >= 0.6 is 23.4 Å². The summed E-state index contributed by atoms with van der Waals surface area (Å²) in [5.74, 6) is 1.04. The second-order valence-electron chi connectivity index (χ2n) is 5.67. The first-order valence-corrected chi connectivity index (χ1v) is 9.84. The smallest absolute Gasteiger partial charge is 0.264 e. The standard InChI is InChI=1S/C21H19ClN2O3S/c1-3-11-27-17-10-9-14(12-18(17)26-4-2)13-19-20(25)24-21(28-19)23-16-8-6-5-7-15(16)22/h3,5-10,12-13H,1,4,11H2,2H3,(H,23,24,25). The number of hydrogen-bond donors (Lipinski definition) is 1. The molecule has 1 heterocycles. The van der Waals surface area contributed by atoms with Crippen LogP contribution in [0.3, 0.4) is 0 Å². The number of amidine groups is 1. The zero-order valence-corrected chi connectivity index (χ0v) is 16.8. The van der Waals surface area contributed by atoms with Crippen molar-refractivity contribution in [2.24, 2.45) is 4.99 Å². The number of carbonyl (C=O) groups is 1. The number of carbonyl (C=O) groups excluding carboxylic acids is 1. The Bertz CT molecular complexity index is 956. The SMILES string of the molecule is C=CCOc1ccc(C=C2SC(=Nc3ccccc3Cl)NC2=O)cc1OCC. The number of rotatable bonds is 7. The zero-order valence-electron chi connectivity index (χ0n) is 15.3. The van der Waals surface area contributed by atoms with Gasteiger partial charge in [-0.2, -0.15) is 0 Å². The van der Waals surface area contributed by atoms with Crippen molar-refractivity contribution in [3.63, 3.8) is 0 Å². The van der Waals surface area contributed by atoms with Gasteiger partial charge in [0.25, 0.3) is 5.91 Å². The molecule has 28 heavy (non-hydrogen) atoms. The third-order valence-corrected chi connectivity index (χ3v) is 4.88. The first-order chi connectivity index (χ1) is 13.6. The average molecular weight is 415 g/mol. The van der Waals surface area contributed by atoms with Crippen LogP contribution in [-0.2, 0) is 4.79 Å². The maximum Gasteiger partial charge on any atom is 0.264 e. The summed E-state index contributed by atoms with van der Waals surface area (Å²) in [6.45, 7) is 6.45. The van der Waals surface area contributed by atoms with Crippen LogP contribution < -0.4 is 14.8 Å². The Balaban J connectivity index is 1.83. The molecule has 1 aliphatic rings. The van der Waals surface area contributed by atoms with Crippen LogP contribution in [0.5, 0.6) is 11.5 Å². The van der Waals surface area contributed by atoms with Gasteiger partial charge >= 0.3 is 0 Å². The van der Waals surface area contributed by atoms with Crippen molar-refractivity contribution in [2.45, 2.75) is 6.92 Å². The molecular weight excluding hydrogens is 396 g/mol. The highest BCUT2D eigenvalue weighted by atomic mass is 35.5. The number of para-hydroxylation sites is 1. The molecule has 0 radical (unpaired) electrons. The molecule has 0 aromatic heterocycles. The number of hydrogen-bond acceptors (Lipinski definition) is 5. The van der Waals surface area contributed by atoms with Gasteiger partial charge in [-0.25, -0.2) is 4.99 Å². The van der Waals surface area contributed by atoms with Crippen LogP contribution in [-0.4, -0.2) is 24.3 Å². The van der Waals surface area contributed by atoms with Gasteiger partial charge in [-0.3, -0.25) is 4.79 Å². The van der Waals surface area contributed by atoms with E-state index < -0.39 is 0 Å². The van der Waals surface area contributed by atoms with Crippen molar-refractivity contribution in [1.29, 1.82) is 0 Å². The molecule has 0 unspecified atom stereocenters. The third-order valence-electron chi connectivity index (χ3n) is 3.65. The van der Waals surface area contributed by atoms with Crippen LogP contribution in [0.4, 0.5) is 5.69 Å². The van der Waals surface area contributed by atoms with Gasteiger partial charge in [0.15, 0.2) is 16.7 Å². The first kappa shape index (κ1) is 20.0. The fourth-order valence-electron chi connectivity index (χ4n) is 2.43. The van der Waals surface area contributed by atoms with Crippen molar-refractivity contribution in [3.8, 4) is 11.5 Å². The summed E-state index contributed by atoms with van der Waals surface area (Å²) in [7, 11) is 0. The Morgan fingerprint density at radius 3 is 2.79 bits per heavy atom. The summed E-state index contributed by atoms with van der Waals surface area (Å²) >= 11 is 7.39. The van der Waals surface area contributed by atoms with E-state index in [0.717, 1.165) is 5.56 Å². The molecule has 3 rings (SSSR count). The van der Waals surface area contributed by atoms with E-state index in [0.29, 0.717) is 45.5 Å². The minimum absolute atomic E-state index is 0.208. The van der Waals surface area contributed by atoms with Crippen LogP contribution in [0.25, 0.3) is 6.08 Å². The monoisotopic (exact) mass is 414 g/mol. The van der Waals surface area contributed by atoms with Gasteiger partial charge in [0.05, 0.1) is 22.2 Å². The molecule has 1 fully saturated rings. The highest BCUT2D eigenvalue weighted by Gasteiger charge is 2.24. The highest BCUT2D eigenvalue weighted by Crippen LogP contribution is 2.33. The first-order valence-electron chi connectivity index (χ1n) is 8.65. The van der Waals surface area contributed by atoms with Crippen molar-refractivity contribution in [2.75, 3.05) is 13.2 Å². The van der Waals surface area contributed by atoms with Crippen molar-refractivity contribution < 1.29 is 14.3 Å². The number of ether oxygens (including phenoxy) is 2. The Morgan fingerprint density at radius 2 is 2.04 bits per heavy atom. The number of halogens is 1. The van der Waals surface area contributed by atoms with E-state index in [-0.39, 0.29) is 5.91 Å². The van der Waals surface area contributed by atoms with Crippen molar-refractivity contribution in [3.05, 3.63) is 70.6 Å². The zero-order chi connectivity index (χ0) is 19.9. The molecule has 144 valence electrons. The average Bonchev–Trinajstić information content (AvgIpc) is 3.02. The van der Waals surface area contributed by atoms with Crippen LogP contribution in [0.2, 0.25) is 5.02 Å². The quantitative estimate of drug-likeness (QED) is 0.500. The molecular formula is C21H19ClN2O3S. The van der Waals surface area contributed by atoms with Crippen LogP contribution in [0.15, 0.2) is 65.0 Å². The normalized spacial score (nSPS) is 16.3. The molecule has 0 atom stereocenters. The molecule has 0 spiro atoms. The molecule has 0 saturated carbocycles. The van der Waals surface area contributed by atoms with Gasteiger partial charge in [-0.05, 0) is 54.6 Å². The number of nitrogens with zero attached hydrogens (tertiary/aromatic N) is 1. The lowest BCUT2D eigenvalue weighted by Gasteiger charge is -2.11. The van der Waals surface area contributed by atoms with Gasteiger partial charge in [-0.15, -0.1) is 0 Å². The van der Waals surface area contributed by atoms with E-state index in [4.69, 9.17) is 21.1 Å². The number of aliphatic imine (C=N–C) groups is 1. The van der Waals surface area contributed by atoms with Gasteiger partial charge in [-0.1, -0.05) is 42.5 Å². The molecule has 0 aliphatic carbocycles. The third kappa shape index (κ3) is 4.97. The largest absolute Gasteiger partial charge is 0.490 e. The maximum atomic E-state index is 12.3. The number of thioether (sulfide) groups is 1. The highest BCUT2D eigenvalue weighted by molar-refractivity contribution is 8.18. The molecule has 1 amide bonds. The van der Waals surface area contributed by atoms with Crippen LogP contribution in [0, 0.1) is 0 Å². The second kappa shape index (κ2) is 9.48. The van der Waals surface area contributed by atoms with E-state index in [1.807, 2.05) is 37.3 Å². The Labute approximate surface area is 173 Å². The lowest BCUT2D eigenvalue weighted by molar-refractivity contribution is -0.115. The summed E-state index contributed by atoms with van der Waals surface area (Å²) in [5, 5.41) is 3.77. The molecule has 0 bridgehead atoms. The number of amides is 1. The van der Waals surface area contributed by atoms with Crippen molar-refractivity contribution >= 4 is 46.2 Å². The second-order valence-corrected chi connectivity index (χ2v) is 7.11. The van der Waals surface area contributed by atoms with Gasteiger partial charge in [0.2, 0.25) is 0 Å². The summed E-state index contributed by atoms with van der Waals surface area (Å²) < 4.78 is 11.2. The lowest BCUT2D eigenvalue weighted by atomic mass is 10.2. The Morgan fingerprint density at radius 1 is 1.21 bits per heavy atom. The van der Waals surface area contributed by atoms with Gasteiger partial charge in [0, 0.05) is 0 Å². The predicted molar refractivity (Wildman–Crippen MR) is 116 cm³/mol. The molecule has 5 nitrogen and oxygen atoms in total. The topological polar surface area (TPSA) is 59.9 Å². The van der Waals surface area contributed by atoms with E-state index in [2.05, 4.69) is 16.9 Å². The minimum Gasteiger partial charge on any atom is -0.490 e. The molecule has 2 aromatic rings. The Kier molecular flexibility index (Phi) is 6.79. The summed E-state index contributed by atoms with van der Waals surface area (Å²) in [4.78, 5) is 17.3. The van der Waals surface area contributed by atoms with E-state index in [1.165, 1.54) is 11.8 Å². The minimum atomic E-state index is -0.208. The molecule has 1 saturated heterocycles. The summed E-state index contributed by atoms with van der Waals surface area (Å²) in [6.07, 6.45) is 3.46. The number of nitrogens with one attached hydrogen (secondary N) is 1. The number of benzene rings is 2. The molecule has 7 heteroatoms. The van der Waals surface area contributed by atoms with E-state index >= 15 is 0 Å². The fraction of sp³-hybridized carbons (Fsp3) is 0.143. The van der Waals surface area contributed by atoms with Crippen molar-refractivity contribution in [1.82, 2.24) is 5.32 Å². The summed E-state index contributed by atoms with van der Waals surface area (Å²) in [5.41, 5.74) is 1.43. The van der Waals surface area contributed by atoms with Crippen LogP contribution in [0.1, 0.15) is 12.5 Å². The fourth-order valence-corrected chi connectivity index (χ4v) is 3.45. The lowest BCUT2D eigenvalue weighted by Crippen LogP contribution is -2.19. The van der Waals surface area contributed by atoms with Gasteiger partial charge in [0.1, 0.15) is 6.61 Å². The predicted octanol–water partition coefficient (Wildman–Crippen LogP) is 5.20. The summed E-state index contributed by atoms with van der Waals surface area (Å²) in [6, 6.07) is 12.7. The molecule has 1 N–H and O–H groups in total. The van der Waals surface area contributed by atoms with Gasteiger partial charge < -0.3 is 14.8 Å². The van der Waals surface area contributed by atoms with E-state index in [9.17, 15) is 4.79 Å². The Hall–Kier alpha value is -2.70. The molecule has 2 aromatic carbocycles. The maximum absolute atomic E-state index is 12.3.